The first kappa shape index (κ1) is 11.0. The van der Waals surface area contributed by atoms with Gasteiger partial charge in [-0.1, -0.05) is 18.2 Å². The van der Waals surface area contributed by atoms with Crippen molar-refractivity contribution >= 4 is 5.97 Å². The predicted molar refractivity (Wildman–Crippen MR) is 67.6 cm³/mol. The first-order chi connectivity index (χ1) is 8.68. The monoisotopic (exact) mass is 242 g/mol. The average molecular weight is 242 g/mol. The molecule has 0 saturated heterocycles. The first-order valence-electron chi connectivity index (χ1n) is 6.05. The highest BCUT2D eigenvalue weighted by atomic mass is 16.4. The fraction of sp³-hybridized carbons (Fsp3) is 0.286. The normalized spacial score (nSPS) is 13.6. The van der Waals surface area contributed by atoms with Crippen molar-refractivity contribution in [3.63, 3.8) is 0 Å². The van der Waals surface area contributed by atoms with E-state index in [0.717, 1.165) is 24.8 Å². The lowest BCUT2D eigenvalue weighted by atomic mass is 9.98. The van der Waals surface area contributed by atoms with Gasteiger partial charge in [0.1, 0.15) is 5.56 Å². The van der Waals surface area contributed by atoms with Crippen molar-refractivity contribution in [2.24, 2.45) is 7.05 Å². The van der Waals surface area contributed by atoms with Crippen LogP contribution in [0.5, 0.6) is 0 Å². The molecule has 18 heavy (non-hydrogen) atoms. The van der Waals surface area contributed by atoms with E-state index in [1.807, 2.05) is 12.1 Å². The van der Waals surface area contributed by atoms with Gasteiger partial charge in [-0.05, 0) is 30.4 Å². The number of fused-ring (bicyclic) bond motifs is 1. The summed E-state index contributed by atoms with van der Waals surface area (Å²) in [7, 11) is 1.79. The molecule has 4 heteroatoms. The molecule has 0 aliphatic heterocycles. The molecule has 0 unspecified atom stereocenters. The Hall–Kier alpha value is -2.10. The zero-order chi connectivity index (χ0) is 12.7. The Morgan fingerprint density at radius 1 is 1.39 bits per heavy atom. The number of hydrogen-bond acceptors (Lipinski definition) is 2. The van der Waals surface area contributed by atoms with Crippen molar-refractivity contribution in [2.75, 3.05) is 0 Å². The van der Waals surface area contributed by atoms with Crippen LogP contribution >= 0.6 is 0 Å². The van der Waals surface area contributed by atoms with Crippen LogP contribution in [-0.4, -0.2) is 20.9 Å². The van der Waals surface area contributed by atoms with Gasteiger partial charge in [-0.3, -0.25) is 4.68 Å². The molecule has 0 fully saturated rings. The molecule has 1 N–H and O–H groups in total. The van der Waals surface area contributed by atoms with Gasteiger partial charge in [-0.25, -0.2) is 4.79 Å². The van der Waals surface area contributed by atoms with Crippen molar-refractivity contribution in [1.29, 1.82) is 0 Å². The highest BCUT2D eigenvalue weighted by Gasteiger charge is 2.22. The molecule has 1 aliphatic rings. The number of aromatic carboxylic acids is 1. The van der Waals surface area contributed by atoms with Crippen molar-refractivity contribution in [1.82, 2.24) is 9.78 Å². The Morgan fingerprint density at radius 2 is 2.22 bits per heavy atom. The van der Waals surface area contributed by atoms with Gasteiger partial charge in [0.2, 0.25) is 0 Å². The number of carbonyl (C=O) groups is 1. The van der Waals surface area contributed by atoms with Crippen LogP contribution in [0.1, 0.15) is 27.9 Å². The van der Waals surface area contributed by atoms with E-state index in [4.69, 9.17) is 0 Å². The summed E-state index contributed by atoms with van der Waals surface area (Å²) >= 11 is 0. The Kier molecular flexibility index (Phi) is 2.44. The Labute approximate surface area is 105 Å². The third-order valence-corrected chi connectivity index (χ3v) is 3.57. The first-order valence-corrected chi connectivity index (χ1v) is 6.05. The van der Waals surface area contributed by atoms with Crippen molar-refractivity contribution < 1.29 is 9.90 Å². The number of nitrogens with zero attached hydrogens (tertiary/aromatic N) is 2. The van der Waals surface area contributed by atoms with Crippen LogP contribution in [0.3, 0.4) is 0 Å². The average Bonchev–Trinajstić information content (AvgIpc) is 2.94. The van der Waals surface area contributed by atoms with Gasteiger partial charge in [-0.15, -0.1) is 0 Å². The van der Waals surface area contributed by atoms with E-state index >= 15 is 0 Å². The lowest BCUT2D eigenvalue weighted by Gasteiger charge is -2.10. The summed E-state index contributed by atoms with van der Waals surface area (Å²) in [6, 6.07) is 6.12. The number of carboxylic acid groups (broad SMARTS) is 1. The number of benzene rings is 1. The summed E-state index contributed by atoms with van der Waals surface area (Å²) in [5.74, 6) is -0.922. The quantitative estimate of drug-likeness (QED) is 0.879. The van der Waals surface area contributed by atoms with Crippen molar-refractivity contribution in [2.45, 2.75) is 19.3 Å². The summed E-state index contributed by atoms with van der Waals surface area (Å²) < 4.78 is 1.65. The number of carboxylic acids is 1. The van der Waals surface area contributed by atoms with Crippen LogP contribution in [0.2, 0.25) is 0 Å². The zero-order valence-electron chi connectivity index (χ0n) is 10.2. The molecule has 2 aromatic rings. The Balaban J connectivity index is 2.25. The topological polar surface area (TPSA) is 55.1 Å². The molecule has 1 aromatic carbocycles. The van der Waals surface area contributed by atoms with Crippen LogP contribution in [0.4, 0.5) is 0 Å². The van der Waals surface area contributed by atoms with Gasteiger partial charge < -0.3 is 5.11 Å². The SMILES string of the molecule is Cn1ncc(C(=O)O)c1-c1cccc2c1CCC2. The molecule has 0 bridgehead atoms. The third-order valence-electron chi connectivity index (χ3n) is 3.57. The molecular formula is C14H14N2O2. The summed E-state index contributed by atoms with van der Waals surface area (Å²) in [5, 5.41) is 13.3. The summed E-state index contributed by atoms with van der Waals surface area (Å²) in [4.78, 5) is 11.3. The van der Waals surface area contributed by atoms with Gasteiger partial charge in [0.25, 0.3) is 0 Å². The molecule has 0 radical (unpaired) electrons. The van der Waals surface area contributed by atoms with Gasteiger partial charge in [-0.2, -0.15) is 5.10 Å². The minimum absolute atomic E-state index is 0.276. The second kappa shape index (κ2) is 3.98. The summed E-state index contributed by atoms with van der Waals surface area (Å²) in [5.41, 5.74) is 4.62. The van der Waals surface area contributed by atoms with E-state index in [2.05, 4.69) is 11.2 Å². The van der Waals surface area contributed by atoms with Gasteiger partial charge in [0.15, 0.2) is 0 Å². The molecule has 0 amide bonds. The molecular weight excluding hydrogens is 228 g/mol. The molecule has 1 heterocycles. The standard InChI is InChI=1S/C14H14N2O2/c1-16-13(12(8-15-16)14(17)18)11-7-3-5-9-4-2-6-10(9)11/h3,5,7-8H,2,4,6H2,1H3,(H,17,18). The van der Waals surface area contributed by atoms with Crippen LogP contribution in [0, 0.1) is 0 Å². The molecule has 0 saturated carbocycles. The number of aromatic nitrogens is 2. The van der Waals surface area contributed by atoms with Gasteiger partial charge in [0.05, 0.1) is 11.9 Å². The van der Waals surface area contributed by atoms with Crippen LogP contribution < -0.4 is 0 Å². The minimum atomic E-state index is -0.922. The van der Waals surface area contributed by atoms with Crippen molar-refractivity contribution in [3.05, 3.63) is 41.1 Å². The molecule has 1 aliphatic carbocycles. The number of aryl methyl sites for hydroxylation is 2. The molecule has 0 atom stereocenters. The second-order valence-corrected chi connectivity index (χ2v) is 4.63. The maximum atomic E-state index is 11.3. The minimum Gasteiger partial charge on any atom is -0.478 e. The molecule has 1 aromatic heterocycles. The zero-order valence-corrected chi connectivity index (χ0v) is 10.2. The molecule has 3 rings (SSSR count). The van der Waals surface area contributed by atoms with E-state index in [1.54, 1.807) is 11.7 Å². The van der Waals surface area contributed by atoms with E-state index in [0.29, 0.717) is 5.69 Å². The molecule has 4 nitrogen and oxygen atoms in total. The lowest BCUT2D eigenvalue weighted by molar-refractivity contribution is 0.0697. The van der Waals surface area contributed by atoms with Crippen LogP contribution in [0.15, 0.2) is 24.4 Å². The maximum Gasteiger partial charge on any atom is 0.339 e. The van der Waals surface area contributed by atoms with E-state index in [1.165, 1.54) is 17.3 Å². The van der Waals surface area contributed by atoms with Crippen LogP contribution in [-0.2, 0) is 19.9 Å². The third kappa shape index (κ3) is 1.53. The van der Waals surface area contributed by atoms with E-state index in [-0.39, 0.29) is 5.56 Å². The molecule has 92 valence electrons. The van der Waals surface area contributed by atoms with Crippen molar-refractivity contribution in [3.8, 4) is 11.3 Å². The smallest absolute Gasteiger partial charge is 0.339 e. The van der Waals surface area contributed by atoms with Gasteiger partial charge >= 0.3 is 5.97 Å². The highest BCUT2D eigenvalue weighted by molar-refractivity contribution is 5.95. The van der Waals surface area contributed by atoms with E-state index < -0.39 is 5.97 Å². The Morgan fingerprint density at radius 3 is 3.00 bits per heavy atom. The fourth-order valence-electron chi connectivity index (χ4n) is 2.76. The summed E-state index contributed by atoms with van der Waals surface area (Å²) in [6.07, 6.45) is 4.68. The largest absolute Gasteiger partial charge is 0.478 e. The summed E-state index contributed by atoms with van der Waals surface area (Å²) in [6.45, 7) is 0. The highest BCUT2D eigenvalue weighted by Crippen LogP contribution is 2.33. The maximum absolute atomic E-state index is 11.3. The Bertz CT molecular complexity index is 629. The van der Waals surface area contributed by atoms with Gasteiger partial charge in [0, 0.05) is 12.6 Å². The second-order valence-electron chi connectivity index (χ2n) is 4.63. The fourth-order valence-corrected chi connectivity index (χ4v) is 2.76. The lowest BCUT2D eigenvalue weighted by Crippen LogP contribution is -2.02. The van der Waals surface area contributed by atoms with Crippen LogP contribution in [0.25, 0.3) is 11.3 Å². The predicted octanol–water partition coefficient (Wildman–Crippen LogP) is 2.27. The van der Waals surface area contributed by atoms with E-state index in [9.17, 15) is 9.90 Å². The molecule has 0 spiro atoms. The number of hydrogen-bond donors (Lipinski definition) is 1. The number of rotatable bonds is 2.